The van der Waals surface area contributed by atoms with Crippen molar-refractivity contribution in [2.75, 3.05) is 0 Å². The Morgan fingerprint density at radius 2 is 1.81 bits per heavy atom. The second-order valence-corrected chi connectivity index (χ2v) is 5.35. The third-order valence-electron chi connectivity index (χ3n) is 3.35. The molecule has 0 aliphatic heterocycles. The van der Waals surface area contributed by atoms with Crippen molar-refractivity contribution in [2.45, 2.75) is 13.0 Å². The molecular weight excluding hydrogens is 357 g/mol. The number of carbonyl (C=O) groups excluding carboxylic acids is 2. The van der Waals surface area contributed by atoms with Crippen molar-refractivity contribution in [2.24, 2.45) is 0 Å². The third kappa shape index (κ3) is 5.92. The number of halogens is 1. The van der Waals surface area contributed by atoms with Gasteiger partial charge in [0.1, 0.15) is 0 Å². The minimum Gasteiger partial charge on any atom is -0.478 e. The highest BCUT2D eigenvalue weighted by atomic mass is 19.1. The van der Waals surface area contributed by atoms with E-state index in [9.17, 15) is 24.1 Å². The summed E-state index contributed by atoms with van der Waals surface area (Å²) in [5.74, 6) is -1.98. The highest BCUT2D eigenvalue weighted by Gasteiger charge is 2.16. The van der Waals surface area contributed by atoms with Gasteiger partial charge >= 0.3 is 0 Å². The molecule has 0 spiro atoms. The van der Waals surface area contributed by atoms with E-state index in [2.05, 4.69) is 10.9 Å². The largest absolute Gasteiger partial charge is 0.478 e. The smallest absolute Gasteiger partial charge is 0.279 e. The molecule has 2 aromatic carbocycles. The summed E-state index contributed by atoms with van der Waals surface area (Å²) in [6.45, 7) is 1.40. The molecule has 2 N–H and O–H groups in total. The highest BCUT2D eigenvalue weighted by molar-refractivity contribution is 5.93. The van der Waals surface area contributed by atoms with Gasteiger partial charge in [0.05, 0.1) is 4.92 Å². The first kappa shape index (κ1) is 19.6. The molecule has 2 aromatic rings. The average Bonchev–Trinajstić information content (AvgIpc) is 2.66. The summed E-state index contributed by atoms with van der Waals surface area (Å²) in [5, 5.41) is 10.6. The molecule has 0 heterocycles. The Labute approximate surface area is 153 Å². The zero-order valence-corrected chi connectivity index (χ0v) is 14.2. The van der Waals surface area contributed by atoms with Gasteiger partial charge in [0.2, 0.25) is 0 Å². The number of non-ortho nitro benzene ring substituents is 1. The van der Waals surface area contributed by atoms with Gasteiger partial charge in [-0.3, -0.25) is 30.6 Å². The Morgan fingerprint density at radius 1 is 1.15 bits per heavy atom. The molecule has 8 nitrogen and oxygen atoms in total. The van der Waals surface area contributed by atoms with Gasteiger partial charge in [-0.25, -0.2) is 4.39 Å². The first-order valence-corrected chi connectivity index (χ1v) is 7.80. The maximum Gasteiger partial charge on any atom is 0.279 e. The fourth-order valence-electron chi connectivity index (χ4n) is 1.93. The number of nitro groups is 1. The number of benzene rings is 2. The number of hydrazine groups is 1. The Hall–Kier alpha value is -3.75. The molecule has 1 atom stereocenters. The molecular formula is C18H16FN3O5. The Kier molecular flexibility index (Phi) is 6.59. The average molecular weight is 373 g/mol. The molecule has 0 bridgehead atoms. The number of nitrogens with zero attached hydrogens (tertiary/aromatic N) is 1. The highest BCUT2D eigenvalue weighted by Crippen LogP contribution is 2.17. The summed E-state index contributed by atoms with van der Waals surface area (Å²) in [6.07, 6.45) is 1.52. The molecule has 27 heavy (non-hydrogen) atoms. The monoisotopic (exact) mass is 373 g/mol. The van der Waals surface area contributed by atoms with Crippen molar-refractivity contribution in [3.63, 3.8) is 0 Å². The number of hydrogen-bond donors (Lipinski definition) is 2. The fraction of sp³-hybridized carbons (Fsp3) is 0.111. The van der Waals surface area contributed by atoms with Gasteiger partial charge in [-0.1, -0.05) is 12.1 Å². The number of hydrogen-bond acceptors (Lipinski definition) is 5. The van der Waals surface area contributed by atoms with E-state index in [1.807, 2.05) is 0 Å². The summed E-state index contributed by atoms with van der Waals surface area (Å²) in [5.41, 5.74) is 4.82. The zero-order chi connectivity index (χ0) is 19.8. The van der Waals surface area contributed by atoms with Crippen molar-refractivity contribution in [1.29, 1.82) is 0 Å². The van der Waals surface area contributed by atoms with Crippen LogP contribution in [-0.2, 0) is 9.59 Å². The molecule has 2 rings (SSSR count). The van der Waals surface area contributed by atoms with Crippen LogP contribution in [0.3, 0.4) is 0 Å². The molecule has 0 aromatic heterocycles. The lowest BCUT2D eigenvalue weighted by Gasteiger charge is -2.15. The Balaban J connectivity index is 1.82. The number of ether oxygens (including phenoxy) is 1. The molecule has 0 aliphatic rings. The predicted octanol–water partition coefficient (Wildman–Crippen LogP) is 2.36. The van der Waals surface area contributed by atoms with E-state index in [4.69, 9.17) is 4.74 Å². The minimum atomic E-state index is -1.04. The van der Waals surface area contributed by atoms with Crippen LogP contribution in [0, 0.1) is 15.9 Å². The van der Waals surface area contributed by atoms with Crippen molar-refractivity contribution >= 4 is 23.6 Å². The maximum absolute atomic E-state index is 13.5. The molecule has 0 saturated carbocycles. The summed E-state index contributed by atoms with van der Waals surface area (Å²) < 4.78 is 18.7. The summed E-state index contributed by atoms with van der Waals surface area (Å²) >= 11 is 0. The standard InChI is InChI=1S/C18H16FN3O5/c1-12(27-16-5-3-2-4-15(16)19)18(24)21-20-17(23)11-8-13-6-9-14(10-7-13)22(25)26/h2-12H,1H3,(H,20,23)(H,21,24). The van der Waals surface area contributed by atoms with Crippen molar-refractivity contribution in [3.8, 4) is 5.75 Å². The lowest BCUT2D eigenvalue weighted by atomic mass is 10.2. The second-order valence-electron chi connectivity index (χ2n) is 5.35. The minimum absolute atomic E-state index is 0.0623. The Morgan fingerprint density at radius 3 is 2.44 bits per heavy atom. The van der Waals surface area contributed by atoms with Crippen LogP contribution in [-0.4, -0.2) is 22.8 Å². The lowest BCUT2D eigenvalue weighted by Crippen LogP contribution is -2.46. The molecule has 140 valence electrons. The van der Waals surface area contributed by atoms with E-state index in [0.717, 1.165) is 6.08 Å². The zero-order valence-electron chi connectivity index (χ0n) is 14.2. The van der Waals surface area contributed by atoms with E-state index >= 15 is 0 Å². The fourth-order valence-corrected chi connectivity index (χ4v) is 1.93. The SMILES string of the molecule is CC(Oc1ccccc1F)C(=O)NNC(=O)C=Cc1ccc([N+](=O)[O-])cc1. The number of amides is 2. The van der Waals surface area contributed by atoms with Crippen LogP contribution in [0.2, 0.25) is 0 Å². The molecule has 0 saturated heterocycles. The van der Waals surface area contributed by atoms with Gasteiger partial charge in [-0.2, -0.15) is 0 Å². The second kappa shape index (κ2) is 9.09. The topological polar surface area (TPSA) is 111 Å². The molecule has 0 fully saturated rings. The molecule has 9 heteroatoms. The van der Waals surface area contributed by atoms with E-state index in [1.165, 1.54) is 55.5 Å². The van der Waals surface area contributed by atoms with Crippen LogP contribution in [0.1, 0.15) is 12.5 Å². The van der Waals surface area contributed by atoms with Gasteiger partial charge in [-0.15, -0.1) is 0 Å². The third-order valence-corrected chi connectivity index (χ3v) is 3.35. The van der Waals surface area contributed by atoms with E-state index in [1.54, 1.807) is 6.07 Å². The first-order valence-electron chi connectivity index (χ1n) is 7.80. The van der Waals surface area contributed by atoms with Crippen molar-refractivity contribution < 1.29 is 23.6 Å². The van der Waals surface area contributed by atoms with E-state index in [-0.39, 0.29) is 11.4 Å². The molecule has 2 amide bonds. The molecule has 1 unspecified atom stereocenters. The number of nitrogens with one attached hydrogen (secondary N) is 2. The van der Waals surface area contributed by atoms with Crippen LogP contribution in [0.25, 0.3) is 6.08 Å². The van der Waals surface area contributed by atoms with E-state index < -0.39 is 28.7 Å². The van der Waals surface area contributed by atoms with Gasteiger partial charge in [0, 0.05) is 18.2 Å². The number of rotatable bonds is 6. The van der Waals surface area contributed by atoms with Crippen LogP contribution >= 0.6 is 0 Å². The number of nitro benzene ring substituents is 1. The van der Waals surface area contributed by atoms with Crippen LogP contribution in [0.4, 0.5) is 10.1 Å². The summed E-state index contributed by atoms with van der Waals surface area (Å²) in [4.78, 5) is 33.6. The lowest BCUT2D eigenvalue weighted by molar-refractivity contribution is -0.384. The molecule has 0 aliphatic carbocycles. The van der Waals surface area contributed by atoms with Crippen molar-refractivity contribution in [1.82, 2.24) is 10.9 Å². The van der Waals surface area contributed by atoms with E-state index in [0.29, 0.717) is 5.56 Å². The predicted molar refractivity (Wildman–Crippen MR) is 94.9 cm³/mol. The quantitative estimate of drug-likeness (QED) is 0.459. The van der Waals surface area contributed by atoms with Gasteiger partial charge in [0.25, 0.3) is 17.5 Å². The van der Waals surface area contributed by atoms with Gasteiger partial charge in [0.15, 0.2) is 17.7 Å². The number of para-hydroxylation sites is 1. The van der Waals surface area contributed by atoms with Crippen LogP contribution in [0.5, 0.6) is 5.75 Å². The van der Waals surface area contributed by atoms with Gasteiger partial charge in [-0.05, 0) is 42.8 Å². The van der Waals surface area contributed by atoms with Crippen molar-refractivity contribution in [3.05, 3.63) is 76.1 Å². The summed E-state index contributed by atoms with van der Waals surface area (Å²) in [6, 6.07) is 11.2. The number of carbonyl (C=O) groups is 2. The summed E-state index contributed by atoms with van der Waals surface area (Å²) in [7, 11) is 0. The Bertz CT molecular complexity index is 868. The van der Waals surface area contributed by atoms with Crippen LogP contribution in [0.15, 0.2) is 54.6 Å². The maximum atomic E-state index is 13.5. The molecule has 0 radical (unpaired) electrons. The van der Waals surface area contributed by atoms with Crippen LogP contribution < -0.4 is 15.6 Å². The normalized spacial score (nSPS) is 11.6. The first-order chi connectivity index (χ1) is 12.9. The van der Waals surface area contributed by atoms with Gasteiger partial charge < -0.3 is 4.74 Å².